The van der Waals surface area contributed by atoms with Crippen molar-refractivity contribution >= 4 is 11.6 Å². The Morgan fingerprint density at radius 1 is 1.00 bits per heavy atom. The van der Waals surface area contributed by atoms with Crippen LogP contribution in [0.15, 0.2) is 30.5 Å². The Kier molecular flexibility index (Phi) is 4.39. The number of nitrogens with one attached hydrogen (secondary N) is 1. The maximum atomic E-state index is 13.3. The van der Waals surface area contributed by atoms with Gasteiger partial charge in [-0.05, 0) is 17.7 Å². The van der Waals surface area contributed by atoms with Gasteiger partial charge in [0.2, 0.25) is 0 Å². The molecule has 0 saturated carbocycles. The molecule has 0 radical (unpaired) electrons. The summed E-state index contributed by atoms with van der Waals surface area (Å²) < 4.78 is 39.0. The summed E-state index contributed by atoms with van der Waals surface area (Å²) in [6.07, 6.45) is 1.58. The molecule has 0 bridgehead atoms. The van der Waals surface area contributed by atoms with E-state index in [1.165, 1.54) is 0 Å². The van der Waals surface area contributed by atoms with Gasteiger partial charge >= 0.3 is 0 Å². The third-order valence-electron chi connectivity index (χ3n) is 2.52. The topological polar surface area (TPSA) is 24.9 Å². The standard InChI is InChI=1S/C13H10ClF3N2/c14-13-2-1-8(6-19-13)5-18-7-9-3-11(16)12(17)4-10(9)15/h1-4,6,18H,5,7H2. The number of aromatic nitrogens is 1. The molecule has 0 aliphatic rings. The first-order valence-electron chi connectivity index (χ1n) is 5.51. The minimum absolute atomic E-state index is 0.0702. The SMILES string of the molecule is Fc1cc(F)c(CNCc2ccc(Cl)nc2)cc1F. The molecule has 0 unspecified atom stereocenters. The molecule has 1 aromatic heterocycles. The summed E-state index contributed by atoms with van der Waals surface area (Å²) in [6, 6.07) is 4.79. The Balaban J connectivity index is 1.96. The molecular formula is C13H10ClF3N2. The number of hydrogen-bond acceptors (Lipinski definition) is 2. The average Bonchev–Trinajstić information content (AvgIpc) is 2.38. The molecule has 0 atom stereocenters. The zero-order valence-corrected chi connectivity index (χ0v) is 10.5. The summed E-state index contributed by atoms with van der Waals surface area (Å²) in [4.78, 5) is 3.89. The fourth-order valence-corrected chi connectivity index (χ4v) is 1.66. The summed E-state index contributed by atoms with van der Waals surface area (Å²) in [5.74, 6) is -3.03. The van der Waals surface area contributed by atoms with E-state index in [9.17, 15) is 13.2 Å². The van der Waals surface area contributed by atoms with Gasteiger partial charge in [0.25, 0.3) is 0 Å². The molecule has 2 aromatic rings. The Labute approximate surface area is 113 Å². The van der Waals surface area contributed by atoms with E-state index >= 15 is 0 Å². The van der Waals surface area contributed by atoms with Crippen molar-refractivity contribution in [3.8, 4) is 0 Å². The van der Waals surface area contributed by atoms with Gasteiger partial charge in [-0.1, -0.05) is 17.7 Å². The first-order chi connectivity index (χ1) is 9.06. The zero-order valence-electron chi connectivity index (χ0n) is 9.76. The fourth-order valence-electron chi connectivity index (χ4n) is 1.55. The van der Waals surface area contributed by atoms with Crippen LogP contribution in [0.1, 0.15) is 11.1 Å². The van der Waals surface area contributed by atoms with Crippen LogP contribution in [0, 0.1) is 17.5 Å². The van der Waals surface area contributed by atoms with Crippen LogP contribution in [0.2, 0.25) is 5.15 Å². The van der Waals surface area contributed by atoms with Gasteiger partial charge in [0.05, 0.1) is 0 Å². The van der Waals surface area contributed by atoms with Crippen molar-refractivity contribution in [2.75, 3.05) is 0 Å². The molecule has 6 heteroatoms. The Bertz CT molecular complexity index is 573. The first kappa shape index (κ1) is 13.8. The van der Waals surface area contributed by atoms with Gasteiger partial charge in [-0.3, -0.25) is 0 Å². The van der Waals surface area contributed by atoms with Crippen LogP contribution in [-0.2, 0) is 13.1 Å². The summed E-state index contributed by atoms with van der Waals surface area (Å²) in [6.45, 7) is 0.508. The highest BCUT2D eigenvalue weighted by molar-refractivity contribution is 6.29. The van der Waals surface area contributed by atoms with E-state index in [1.54, 1.807) is 18.3 Å². The molecule has 100 valence electrons. The van der Waals surface area contributed by atoms with Crippen molar-refractivity contribution in [2.24, 2.45) is 0 Å². The Hall–Kier alpha value is -1.59. The number of benzene rings is 1. The van der Waals surface area contributed by atoms with E-state index in [4.69, 9.17) is 11.6 Å². The Morgan fingerprint density at radius 3 is 2.42 bits per heavy atom. The van der Waals surface area contributed by atoms with Crippen LogP contribution in [0.4, 0.5) is 13.2 Å². The second kappa shape index (κ2) is 6.04. The molecule has 2 rings (SSSR count). The van der Waals surface area contributed by atoms with Crippen molar-refractivity contribution in [2.45, 2.75) is 13.1 Å². The van der Waals surface area contributed by atoms with Gasteiger partial charge in [0, 0.05) is 30.9 Å². The highest BCUT2D eigenvalue weighted by Crippen LogP contribution is 2.13. The lowest BCUT2D eigenvalue weighted by molar-refractivity contribution is 0.487. The monoisotopic (exact) mass is 286 g/mol. The van der Waals surface area contributed by atoms with Crippen LogP contribution in [-0.4, -0.2) is 4.98 Å². The molecule has 19 heavy (non-hydrogen) atoms. The summed E-state index contributed by atoms with van der Waals surface area (Å²) in [5.41, 5.74) is 0.924. The molecule has 1 heterocycles. The van der Waals surface area contributed by atoms with Gasteiger partial charge < -0.3 is 5.32 Å². The van der Waals surface area contributed by atoms with Crippen molar-refractivity contribution in [1.82, 2.24) is 10.3 Å². The maximum absolute atomic E-state index is 13.3. The lowest BCUT2D eigenvalue weighted by atomic mass is 10.2. The molecule has 0 aliphatic carbocycles. The normalized spacial score (nSPS) is 10.7. The lowest BCUT2D eigenvalue weighted by Crippen LogP contribution is -2.14. The predicted octanol–water partition coefficient (Wildman–Crippen LogP) is 3.44. The molecule has 0 fully saturated rings. The van der Waals surface area contributed by atoms with E-state index in [2.05, 4.69) is 10.3 Å². The summed E-state index contributed by atoms with van der Waals surface area (Å²) >= 11 is 5.64. The van der Waals surface area contributed by atoms with E-state index in [0.717, 1.165) is 11.6 Å². The smallest absolute Gasteiger partial charge is 0.161 e. The van der Waals surface area contributed by atoms with Gasteiger partial charge in [-0.25, -0.2) is 18.2 Å². The zero-order chi connectivity index (χ0) is 13.8. The molecule has 1 aromatic carbocycles. The number of hydrogen-bond donors (Lipinski definition) is 1. The van der Waals surface area contributed by atoms with Crippen LogP contribution in [0.5, 0.6) is 0 Å². The Morgan fingerprint density at radius 2 is 1.74 bits per heavy atom. The molecule has 0 amide bonds. The van der Waals surface area contributed by atoms with Crippen LogP contribution < -0.4 is 5.32 Å². The summed E-state index contributed by atoms with van der Waals surface area (Å²) in [5, 5.41) is 3.30. The van der Waals surface area contributed by atoms with E-state index in [-0.39, 0.29) is 12.1 Å². The van der Waals surface area contributed by atoms with Crippen molar-refractivity contribution in [3.63, 3.8) is 0 Å². The largest absolute Gasteiger partial charge is 0.308 e. The van der Waals surface area contributed by atoms with Gasteiger partial charge in [0.15, 0.2) is 11.6 Å². The van der Waals surface area contributed by atoms with E-state index < -0.39 is 17.5 Å². The van der Waals surface area contributed by atoms with Crippen LogP contribution >= 0.6 is 11.6 Å². The number of rotatable bonds is 4. The van der Waals surface area contributed by atoms with Gasteiger partial charge in [-0.15, -0.1) is 0 Å². The van der Waals surface area contributed by atoms with Gasteiger partial charge in [-0.2, -0.15) is 0 Å². The molecule has 0 aliphatic heterocycles. The first-order valence-corrected chi connectivity index (χ1v) is 5.88. The minimum atomic E-state index is -1.19. The lowest BCUT2D eigenvalue weighted by Gasteiger charge is -2.07. The van der Waals surface area contributed by atoms with Crippen LogP contribution in [0.25, 0.3) is 0 Å². The molecule has 1 N–H and O–H groups in total. The minimum Gasteiger partial charge on any atom is -0.308 e. The highest BCUT2D eigenvalue weighted by atomic mass is 35.5. The van der Waals surface area contributed by atoms with Crippen molar-refractivity contribution < 1.29 is 13.2 Å². The highest BCUT2D eigenvalue weighted by Gasteiger charge is 2.09. The molecule has 2 nitrogen and oxygen atoms in total. The van der Waals surface area contributed by atoms with Crippen LogP contribution in [0.3, 0.4) is 0 Å². The van der Waals surface area contributed by atoms with Crippen molar-refractivity contribution in [1.29, 1.82) is 0 Å². The molecular weight excluding hydrogens is 277 g/mol. The summed E-state index contributed by atoms with van der Waals surface area (Å²) in [7, 11) is 0. The average molecular weight is 287 g/mol. The third-order valence-corrected chi connectivity index (χ3v) is 2.75. The number of pyridine rings is 1. The van der Waals surface area contributed by atoms with E-state index in [0.29, 0.717) is 17.8 Å². The molecule has 0 saturated heterocycles. The van der Waals surface area contributed by atoms with Crippen molar-refractivity contribution in [3.05, 3.63) is 64.2 Å². The quantitative estimate of drug-likeness (QED) is 0.688. The number of halogens is 4. The second-order valence-corrected chi connectivity index (χ2v) is 4.34. The third kappa shape index (κ3) is 3.68. The van der Waals surface area contributed by atoms with E-state index in [1.807, 2.05) is 0 Å². The second-order valence-electron chi connectivity index (χ2n) is 3.95. The molecule has 0 spiro atoms. The predicted molar refractivity (Wildman–Crippen MR) is 66.1 cm³/mol. The van der Waals surface area contributed by atoms with Gasteiger partial charge in [0.1, 0.15) is 11.0 Å². The number of nitrogens with zero attached hydrogens (tertiary/aromatic N) is 1. The fraction of sp³-hybridized carbons (Fsp3) is 0.154. The maximum Gasteiger partial charge on any atom is 0.161 e.